The zero-order chi connectivity index (χ0) is 20.9. The topological polar surface area (TPSA) is 84.3 Å². The average Bonchev–Trinajstić information content (AvgIpc) is 3.18. The number of carboxylic acids is 1. The van der Waals surface area contributed by atoms with E-state index in [4.69, 9.17) is 0 Å². The number of carbonyl (C=O) groups excluding carboxylic acids is 1. The van der Waals surface area contributed by atoms with Crippen LogP contribution >= 0.6 is 11.8 Å². The maximum Gasteiger partial charge on any atom is 0.353 e. The molecular weight excluding hydrogens is 390 g/mol. The number of piperidine rings is 1. The van der Waals surface area contributed by atoms with E-state index in [2.05, 4.69) is 16.8 Å². The second kappa shape index (κ2) is 8.21. The zero-order valence-corrected chi connectivity index (χ0v) is 18.4. The van der Waals surface area contributed by atoms with Gasteiger partial charge in [-0.1, -0.05) is 6.92 Å². The van der Waals surface area contributed by atoms with Crippen LogP contribution in [0, 0.1) is 17.8 Å². The second-order valence-corrected chi connectivity index (χ2v) is 10.6. The molecule has 0 unspecified atom stereocenters. The van der Waals surface area contributed by atoms with Crippen LogP contribution in [-0.2, 0) is 9.59 Å². The molecule has 2 N–H and O–H groups in total. The Labute approximate surface area is 177 Å². The monoisotopic (exact) mass is 423 g/mol. The number of aliphatic hydroxyl groups excluding tert-OH is 1. The molecule has 7 nitrogen and oxygen atoms in total. The van der Waals surface area contributed by atoms with Crippen LogP contribution in [0.4, 0.5) is 0 Å². The largest absolute Gasteiger partial charge is 0.477 e. The molecular formula is C21H33N3O4S. The first-order valence-corrected chi connectivity index (χ1v) is 11.7. The lowest BCUT2D eigenvalue weighted by Crippen LogP contribution is -2.63. The van der Waals surface area contributed by atoms with Gasteiger partial charge in [0.15, 0.2) is 0 Å². The molecule has 0 saturated carbocycles. The van der Waals surface area contributed by atoms with E-state index >= 15 is 0 Å². The summed E-state index contributed by atoms with van der Waals surface area (Å²) in [5, 5.41) is 20.1. The van der Waals surface area contributed by atoms with Gasteiger partial charge in [0.05, 0.1) is 18.1 Å². The Bertz CT molecular complexity index is 704. The minimum Gasteiger partial charge on any atom is -0.477 e. The molecule has 0 aromatic rings. The van der Waals surface area contributed by atoms with Crippen molar-refractivity contribution in [1.82, 2.24) is 14.7 Å². The third-order valence-corrected chi connectivity index (χ3v) is 8.73. The second-order valence-electron chi connectivity index (χ2n) is 9.31. The van der Waals surface area contributed by atoms with E-state index in [-0.39, 0.29) is 23.6 Å². The van der Waals surface area contributed by atoms with Crippen LogP contribution in [-0.4, -0.2) is 94.0 Å². The zero-order valence-electron chi connectivity index (χ0n) is 17.6. The molecule has 0 aromatic carbocycles. The fraction of sp³-hybridized carbons (Fsp3) is 0.810. The van der Waals surface area contributed by atoms with Crippen LogP contribution in [0.15, 0.2) is 10.6 Å². The van der Waals surface area contributed by atoms with Gasteiger partial charge in [-0.2, -0.15) is 0 Å². The van der Waals surface area contributed by atoms with E-state index in [0.29, 0.717) is 5.25 Å². The highest BCUT2D eigenvalue weighted by atomic mass is 32.2. The molecule has 162 valence electrons. The summed E-state index contributed by atoms with van der Waals surface area (Å²) in [7, 11) is 2.19. The number of aliphatic hydroxyl groups is 1. The molecule has 0 spiro atoms. The van der Waals surface area contributed by atoms with E-state index < -0.39 is 18.0 Å². The van der Waals surface area contributed by atoms with Gasteiger partial charge < -0.3 is 24.9 Å². The number of rotatable bonds is 6. The minimum absolute atomic E-state index is 0.0358. The van der Waals surface area contributed by atoms with Crippen LogP contribution in [0.5, 0.6) is 0 Å². The summed E-state index contributed by atoms with van der Waals surface area (Å²) in [6, 6.07) is -0.215. The Morgan fingerprint density at radius 3 is 2.55 bits per heavy atom. The van der Waals surface area contributed by atoms with Crippen molar-refractivity contribution < 1.29 is 19.8 Å². The number of likely N-dealkylation sites (tertiary alicyclic amines) is 2. The molecule has 29 heavy (non-hydrogen) atoms. The molecule has 0 aliphatic carbocycles. The normalized spacial score (nSPS) is 35.2. The Hall–Kier alpha value is -1.09. The highest BCUT2D eigenvalue weighted by Gasteiger charge is 2.60. The summed E-state index contributed by atoms with van der Waals surface area (Å²) in [4.78, 5) is 31.6. The number of β-lactam (4-membered cyclic amide) rings is 1. The molecule has 3 fully saturated rings. The lowest BCUT2D eigenvalue weighted by atomic mass is 9.79. The minimum atomic E-state index is -1.03. The summed E-state index contributed by atoms with van der Waals surface area (Å²) in [5.41, 5.74) is 0.156. The predicted octanol–water partition coefficient (Wildman–Crippen LogP) is 1.29. The van der Waals surface area contributed by atoms with Crippen molar-refractivity contribution in [2.75, 3.05) is 39.8 Å². The van der Waals surface area contributed by atoms with Gasteiger partial charge >= 0.3 is 5.97 Å². The Kier molecular flexibility index (Phi) is 5.99. The van der Waals surface area contributed by atoms with Crippen molar-refractivity contribution in [3.8, 4) is 0 Å². The smallest absolute Gasteiger partial charge is 0.353 e. The SMILES string of the molecule is C[C@@H](O)[C@H]1C(=O)N2C(C(=O)O)=C(S[C@@H]3CCN(CC4CCN(C)CC4)C3)[C@H](C)[C@H]12. The summed E-state index contributed by atoms with van der Waals surface area (Å²) < 4.78 is 0. The third-order valence-electron chi connectivity index (χ3n) is 7.19. The summed E-state index contributed by atoms with van der Waals surface area (Å²) in [5.74, 6) is -1.03. The van der Waals surface area contributed by atoms with Crippen molar-refractivity contribution in [2.24, 2.45) is 17.8 Å². The molecule has 3 saturated heterocycles. The van der Waals surface area contributed by atoms with Gasteiger partial charge in [-0.05, 0) is 58.8 Å². The van der Waals surface area contributed by atoms with Gasteiger partial charge in [0.25, 0.3) is 0 Å². The number of carboxylic acid groups (broad SMARTS) is 1. The van der Waals surface area contributed by atoms with Crippen molar-refractivity contribution in [3.05, 3.63) is 10.6 Å². The Balaban J connectivity index is 1.40. The molecule has 5 atom stereocenters. The molecule has 4 aliphatic heterocycles. The van der Waals surface area contributed by atoms with Crippen molar-refractivity contribution >= 4 is 23.6 Å². The fourth-order valence-corrected chi connectivity index (χ4v) is 7.05. The van der Waals surface area contributed by atoms with Gasteiger partial charge in [0.2, 0.25) is 5.91 Å². The molecule has 4 rings (SSSR count). The first-order chi connectivity index (χ1) is 13.8. The lowest BCUT2D eigenvalue weighted by molar-refractivity contribution is -0.163. The van der Waals surface area contributed by atoms with Crippen LogP contribution in [0.3, 0.4) is 0 Å². The first kappa shape index (κ1) is 21.2. The highest BCUT2D eigenvalue weighted by molar-refractivity contribution is 8.03. The molecule has 0 radical (unpaired) electrons. The maximum absolute atomic E-state index is 12.5. The standard InChI is InChI=1S/C21H33N3O4S/c1-12-17-16(13(2)25)20(26)24(17)18(21(27)28)19(12)29-15-6-9-23(11-15)10-14-4-7-22(3)8-5-14/h12-17,25H,4-11H2,1-3H3,(H,27,28)/t12-,13-,15-,16-,17-/m1/s1. The number of carbonyl (C=O) groups is 2. The third kappa shape index (κ3) is 3.84. The summed E-state index contributed by atoms with van der Waals surface area (Å²) in [6.07, 6.45) is 2.83. The van der Waals surface area contributed by atoms with Gasteiger partial charge in [0.1, 0.15) is 5.70 Å². The van der Waals surface area contributed by atoms with E-state index in [0.717, 1.165) is 36.9 Å². The number of fused-ring (bicyclic) bond motifs is 1. The number of nitrogens with zero attached hydrogens (tertiary/aromatic N) is 3. The maximum atomic E-state index is 12.5. The van der Waals surface area contributed by atoms with E-state index in [1.165, 1.54) is 30.8 Å². The molecule has 8 heteroatoms. The molecule has 0 bridgehead atoms. The van der Waals surface area contributed by atoms with Gasteiger partial charge in [-0.3, -0.25) is 4.79 Å². The van der Waals surface area contributed by atoms with Crippen molar-refractivity contribution in [1.29, 1.82) is 0 Å². The van der Waals surface area contributed by atoms with Crippen molar-refractivity contribution in [3.63, 3.8) is 0 Å². The first-order valence-electron chi connectivity index (χ1n) is 10.8. The van der Waals surface area contributed by atoms with Crippen LogP contribution in [0.2, 0.25) is 0 Å². The number of hydrogen-bond donors (Lipinski definition) is 2. The quantitative estimate of drug-likeness (QED) is 0.623. The Morgan fingerprint density at radius 1 is 1.24 bits per heavy atom. The number of hydrogen-bond acceptors (Lipinski definition) is 6. The molecule has 4 heterocycles. The van der Waals surface area contributed by atoms with Gasteiger partial charge in [-0.25, -0.2) is 4.79 Å². The summed E-state index contributed by atoms with van der Waals surface area (Å²) in [6.45, 7) is 9.17. The number of amides is 1. The van der Waals surface area contributed by atoms with Gasteiger partial charge in [0, 0.05) is 29.2 Å². The van der Waals surface area contributed by atoms with Crippen molar-refractivity contribution in [2.45, 2.75) is 50.5 Å². The summed E-state index contributed by atoms with van der Waals surface area (Å²) >= 11 is 1.66. The van der Waals surface area contributed by atoms with Crippen LogP contribution in [0.25, 0.3) is 0 Å². The van der Waals surface area contributed by atoms with E-state index in [1.807, 2.05) is 6.92 Å². The predicted molar refractivity (Wildman–Crippen MR) is 112 cm³/mol. The molecule has 1 amide bonds. The lowest BCUT2D eigenvalue weighted by Gasteiger charge is -2.46. The van der Waals surface area contributed by atoms with Crippen LogP contribution in [0.1, 0.15) is 33.1 Å². The van der Waals surface area contributed by atoms with Gasteiger partial charge in [-0.15, -0.1) is 11.8 Å². The molecule has 4 aliphatic rings. The Morgan fingerprint density at radius 2 is 1.93 bits per heavy atom. The van der Waals surface area contributed by atoms with E-state index in [9.17, 15) is 19.8 Å². The highest BCUT2D eigenvalue weighted by Crippen LogP contribution is 2.51. The van der Waals surface area contributed by atoms with E-state index in [1.54, 1.807) is 18.7 Å². The fourth-order valence-electron chi connectivity index (χ4n) is 5.53. The molecule has 0 aromatic heterocycles. The number of thioether (sulfide) groups is 1. The van der Waals surface area contributed by atoms with Crippen LogP contribution < -0.4 is 0 Å². The average molecular weight is 424 g/mol. The number of aliphatic carboxylic acids is 1.